The number of aromatic nitrogens is 1. The summed E-state index contributed by atoms with van der Waals surface area (Å²) in [5, 5.41) is 15.7. The molecule has 3 aromatic rings. The monoisotopic (exact) mass is 322 g/mol. The standard InChI is InChI=1S/C17H14N4O3/c1-11-15(14-7-2-3-8-16(14)19-11)10-18-20-17(22)12-5-4-6-13(9-12)21(23)24/h2-10,19H,1H3,(H,20,22). The molecule has 0 aliphatic rings. The highest BCUT2D eigenvalue weighted by molar-refractivity contribution is 6.01. The van der Waals surface area contributed by atoms with Gasteiger partial charge >= 0.3 is 0 Å². The Bertz CT molecular complexity index is 959. The molecule has 0 saturated heterocycles. The number of carbonyl (C=O) groups is 1. The maximum atomic E-state index is 12.0. The molecule has 0 saturated carbocycles. The summed E-state index contributed by atoms with van der Waals surface area (Å²) in [5.74, 6) is -0.507. The third-order valence-electron chi connectivity index (χ3n) is 3.62. The Morgan fingerprint density at radius 3 is 2.83 bits per heavy atom. The van der Waals surface area contributed by atoms with Gasteiger partial charge in [0.1, 0.15) is 0 Å². The van der Waals surface area contributed by atoms with Gasteiger partial charge in [-0.3, -0.25) is 14.9 Å². The summed E-state index contributed by atoms with van der Waals surface area (Å²) in [6.45, 7) is 1.92. The molecule has 120 valence electrons. The van der Waals surface area contributed by atoms with E-state index in [1.807, 2.05) is 31.2 Å². The van der Waals surface area contributed by atoms with E-state index in [0.29, 0.717) is 0 Å². The fraction of sp³-hybridized carbons (Fsp3) is 0.0588. The van der Waals surface area contributed by atoms with Crippen molar-refractivity contribution in [2.75, 3.05) is 0 Å². The van der Waals surface area contributed by atoms with Crippen molar-refractivity contribution in [3.8, 4) is 0 Å². The second-order valence-corrected chi connectivity index (χ2v) is 5.22. The molecule has 0 spiro atoms. The van der Waals surface area contributed by atoms with Crippen LogP contribution in [-0.2, 0) is 0 Å². The molecule has 7 nitrogen and oxygen atoms in total. The highest BCUT2D eigenvalue weighted by Crippen LogP contribution is 2.19. The predicted octanol–water partition coefficient (Wildman–Crippen LogP) is 3.15. The molecule has 0 bridgehead atoms. The fourth-order valence-electron chi connectivity index (χ4n) is 2.45. The van der Waals surface area contributed by atoms with E-state index in [9.17, 15) is 14.9 Å². The van der Waals surface area contributed by atoms with Gasteiger partial charge in [-0.25, -0.2) is 5.43 Å². The minimum atomic E-state index is -0.546. The zero-order valence-corrected chi connectivity index (χ0v) is 12.8. The normalized spacial score (nSPS) is 11.0. The van der Waals surface area contributed by atoms with Gasteiger partial charge in [0, 0.05) is 39.9 Å². The molecule has 1 amide bonds. The number of nitrogens with zero attached hydrogens (tertiary/aromatic N) is 2. The average molecular weight is 322 g/mol. The first kappa shape index (κ1) is 15.4. The van der Waals surface area contributed by atoms with Crippen molar-refractivity contribution in [2.24, 2.45) is 5.10 Å². The number of fused-ring (bicyclic) bond motifs is 1. The van der Waals surface area contributed by atoms with Crippen LogP contribution >= 0.6 is 0 Å². The van der Waals surface area contributed by atoms with Crippen LogP contribution in [0.5, 0.6) is 0 Å². The van der Waals surface area contributed by atoms with E-state index in [2.05, 4.69) is 15.5 Å². The van der Waals surface area contributed by atoms with Gasteiger partial charge in [-0.15, -0.1) is 0 Å². The summed E-state index contributed by atoms with van der Waals surface area (Å²) in [4.78, 5) is 25.5. The van der Waals surface area contributed by atoms with Crippen LogP contribution in [0.1, 0.15) is 21.6 Å². The molecular formula is C17H14N4O3. The number of nitro groups is 1. The van der Waals surface area contributed by atoms with Crippen molar-refractivity contribution in [2.45, 2.75) is 6.92 Å². The van der Waals surface area contributed by atoms with E-state index in [1.165, 1.54) is 24.3 Å². The van der Waals surface area contributed by atoms with Gasteiger partial charge in [0.15, 0.2) is 0 Å². The van der Waals surface area contributed by atoms with Crippen molar-refractivity contribution >= 4 is 28.7 Å². The van der Waals surface area contributed by atoms with Crippen molar-refractivity contribution in [3.63, 3.8) is 0 Å². The molecule has 0 fully saturated rings. The highest BCUT2D eigenvalue weighted by atomic mass is 16.6. The number of benzene rings is 2. The molecule has 1 aromatic heterocycles. The molecular weight excluding hydrogens is 308 g/mol. The minimum absolute atomic E-state index is 0.140. The number of nitrogens with one attached hydrogen (secondary N) is 2. The smallest absolute Gasteiger partial charge is 0.271 e. The topological polar surface area (TPSA) is 100 Å². The van der Waals surface area contributed by atoms with Crippen LogP contribution in [0.2, 0.25) is 0 Å². The second kappa shape index (κ2) is 6.33. The summed E-state index contributed by atoms with van der Waals surface area (Å²) < 4.78 is 0. The van der Waals surface area contributed by atoms with Crippen LogP contribution < -0.4 is 5.43 Å². The predicted molar refractivity (Wildman–Crippen MR) is 91.2 cm³/mol. The van der Waals surface area contributed by atoms with E-state index in [1.54, 1.807) is 6.21 Å². The first-order chi connectivity index (χ1) is 11.6. The van der Waals surface area contributed by atoms with Crippen molar-refractivity contribution < 1.29 is 9.72 Å². The Kier molecular flexibility index (Phi) is 4.07. The van der Waals surface area contributed by atoms with Crippen LogP contribution in [0.15, 0.2) is 53.6 Å². The fourth-order valence-corrected chi connectivity index (χ4v) is 2.45. The quantitative estimate of drug-likeness (QED) is 0.438. The number of aromatic amines is 1. The summed E-state index contributed by atoms with van der Waals surface area (Å²) >= 11 is 0. The van der Waals surface area contributed by atoms with E-state index in [-0.39, 0.29) is 11.3 Å². The molecule has 0 radical (unpaired) electrons. The lowest BCUT2D eigenvalue weighted by atomic mass is 10.1. The Balaban J connectivity index is 1.78. The minimum Gasteiger partial charge on any atom is -0.358 e. The molecule has 0 atom stereocenters. The summed E-state index contributed by atoms with van der Waals surface area (Å²) in [6, 6.07) is 13.3. The molecule has 24 heavy (non-hydrogen) atoms. The van der Waals surface area contributed by atoms with Gasteiger partial charge in [-0.1, -0.05) is 24.3 Å². The zero-order chi connectivity index (χ0) is 17.1. The van der Waals surface area contributed by atoms with Crippen LogP contribution in [0, 0.1) is 17.0 Å². The number of hydrogen-bond acceptors (Lipinski definition) is 4. The van der Waals surface area contributed by atoms with Crippen molar-refractivity contribution in [1.82, 2.24) is 10.4 Å². The van der Waals surface area contributed by atoms with Crippen molar-refractivity contribution in [3.05, 3.63) is 75.5 Å². The Hall–Kier alpha value is -3.48. The number of rotatable bonds is 4. The number of nitro benzene ring substituents is 1. The number of amides is 1. The van der Waals surface area contributed by atoms with Crippen LogP contribution in [-0.4, -0.2) is 22.0 Å². The SMILES string of the molecule is Cc1[nH]c2ccccc2c1C=NNC(=O)c1cccc([N+](=O)[O-])c1. The number of H-pyrrole nitrogens is 1. The third-order valence-corrected chi connectivity index (χ3v) is 3.62. The second-order valence-electron chi connectivity index (χ2n) is 5.22. The first-order valence-electron chi connectivity index (χ1n) is 7.21. The number of non-ortho nitro benzene ring substituents is 1. The van der Waals surface area contributed by atoms with Crippen molar-refractivity contribution in [1.29, 1.82) is 0 Å². The molecule has 2 N–H and O–H groups in total. The van der Waals surface area contributed by atoms with Crippen LogP contribution in [0.25, 0.3) is 10.9 Å². The van der Waals surface area contributed by atoms with Crippen LogP contribution in [0.3, 0.4) is 0 Å². The van der Waals surface area contributed by atoms with Gasteiger partial charge in [0.25, 0.3) is 11.6 Å². The van der Waals surface area contributed by atoms with Gasteiger partial charge in [0.05, 0.1) is 11.1 Å². The van der Waals surface area contributed by atoms with Crippen LogP contribution in [0.4, 0.5) is 5.69 Å². The molecule has 7 heteroatoms. The van der Waals surface area contributed by atoms with E-state index in [0.717, 1.165) is 22.2 Å². The molecule has 0 aliphatic carbocycles. The van der Waals surface area contributed by atoms with Gasteiger partial charge in [0.2, 0.25) is 0 Å². The number of hydrazone groups is 1. The Labute approximate surface area is 137 Å². The lowest BCUT2D eigenvalue weighted by Crippen LogP contribution is -2.17. The lowest BCUT2D eigenvalue weighted by Gasteiger charge is -2.00. The Morgan fingerprint density at radius 2 is 2.04 bits per heavy atom. The molecule has 2 aromatic carbocycles. The molecule has 1 heterocycles. The zero-order valence-electron chi connectivity index (χ0n) is 12.8. The average Bonchev–Trinajstić information content (AvgIpc) is 2.90. The van der Waals surface area contributed by atoms with Gasteiger partial charge in [-0.2, -0.15) is 5.10 Å². The van der Waals surface area contributed by atoms with Gasteiger partial charge in [-0.05, 0) is 19.1 Å². The molecule has 0 unspecified atom stereocenters. The lowest BCUT2D eigenvalue weighted by molar-refractivity contribution is -0.384. The first-order valence-corrected chi connectivity index (χ1v) is 7.21. The highest BCUT2D eigenvalue weighted by Gasteiger charge is 2.11. The maximum Gasteiger partial charge on any atom is 0.271 e. The van der Waals surface area contributed by atoms with Gasteiger partial charge < -0.3 is 4.98 Å². The number of hydrogen-bond donors (Lipinski definition) is 2. The molecule has 3 rings (SSSR count). The van der Waals surface area contributed by atoms with E-state index in [4.69, 9.17) is 0 Å². The number of carbonyl (C=O) groups excluding carboxylic acids is 1. The summed E-state index contributed by atoms with van der Waals surface area (Å²) in [7, 11) is 0. The number of aryl methyl sites for hydroxylation is 1. The summed E-state index contributed by atoms with van der Waals surface area (Å²) in [6.07, 6.45) is 1.56. The Morgan fingerprint density at radius 1 is 1.25 bits per heavy atom. The summed E-state index contributed by atoms with van der Waals surface area (Å²) in [5.41, 5.74) is 5.23. The maximum absolute atomic E-state index is 12.0. The van der Waals surface area contributed by atoms with E-state index >= 15 is 0 Å². The largest absolute Gasteiger partial charge is 0.358 e. The number of para-hydroxylation sites is 1. The molecule has 0 aliphatic heterocycles. The van der Waals surface area contributed by atoms with E-state index < -0.39 is 10.8 Å². The third kappa shape index (κ3) is 3.00.